The number of benzene rings is 2. The molecule has 0 fully saturated rings. The van der Waals surface area contributed by atoms with Gasteiger partial charge in [0.2, 0.25) is 5.88 Å². The Morgan fingerprint density at radius 3 is 2.65 bits per heavy atom. The number of nitrogens with two attached hydrogens (primary N) is 1. The number of ether oxygens (including phenoxy) is 1. The molecule has 128 valence electrons. The van der Waals surface area contributed by atoms with Crippen LogP contribution in [-0.4, -0.2) is 15.0 Å². The fraction of sp³-hybridized carbons (Fsp3) is 0. The summed E-state index contributed by atoms with van der Waals surface area (Å²) in [5.41, 5.74) is 7.24. The standard InChI is InChI=1S/C19H14FN5O/c20-13-7-1-2-8-14(13)25-18-16(21)19(24-11-23-18)26-15-9-3-5-12-6-4-10-22-17(12)15/h1-11H,21H2,(H,23,24,25). The number of fused-ring (bicyclic) bond motifs is 1. The molecule has 0 amide bonds. The van der Waals surface area contributed by atoms with E-state index in [0.29, 0.717) is 11.3 Å². The molecule has 7 heteroatoms. The first-order valence-corrected chi connectivity index (χ1v) is 7.86. The minimum Gasteiger partial charge on any atom is -0.435 e. The predicted molar refractivity (Wildman–Crippen MR) is 97.9 cm³/mol. The van der Waals surface area contributed by atoms with Crippen LogP contribution in [0.3, 0.4) is 0 Å². The molecule has 6 nitrogen and oxygen atoms in total. The second-order valence-corrected chi connectivity index (χ2v) is 5.48. The Bertz CT molecular complexity index is 1080. The molecule has 2 heterocycles. The van der Waals surface area contributed by atoms with Crippen LogP contribution in [0, 0.1) is 5.82 Å². The highest BCUT2D eigenvalue weighted by Crippen LogP contribution is 2.33. The summed E-state index contributed by atoms with van der Waals surface area (Å²) in [6, 6.07) is 15.6. The highest BCUT2D eigenvalue weighted by atomic mass is 19.1. The van der Waals surface area contributed by atoms with E-state index in [0.717, 1.165) is 5.39 Å². The van der Waals surface area contributed by atoms with Gasteiger partial charge in [-0.1, -0.05) is 30.3 Å². The Hall–Kier alpha value is -3.74. The number of nitrogens with one attached hydrogen (secondary N) is 1. The lowest BCUT2D eigenvalue weighted by Gasteiger charge is -2.13. The second kappa shape index (κ2) is 6.64. The van der Waals surface area contributed by atoms with Crippen molar-refractivity contribution < 1.29 is 9.13 Å². The van der Waals surface area contributed by atoms with Crippen molar-refractivity contribution in [2.45, 2.75) is 0 Å². The van der Waals surface area contributed by atoms with E-state index in [2.05, 4.69) is 20.3 Å². The summed E-state index contributed by atoms with van der Waals surface area (Å²) >= 11 is 0. The lowest BCUT2D eigenvalue weighted by atomic mass is 10.2. The molecule has 0 atom stereocenters. The SMILES string of the molecule is Nc1c(Nc2ccccc2F)ncnc1Oc1cccc2cccnc12. The molecule has 4 rings (SSSR count). The van der Waals surface area contributed by atoms with Crippen molar-refractivity contribution in [1.82, 2.24) is 15.0 Å². The number of para-hydroxylation sites is 2. The Balaban J connectivity index is 1.69. The highest BCUT2D eigenvalue weighted by Gasteiger charge is 2.13. The molecule has 0 saturated heterocycles. The van der Waals surface area contributed by atoms with E-state index >= 15 is 0 Å². The van der Waals surface area contributed by atoms with Crippen molar-refractivity contribution in [3.8, 4) is 11.6 Å². The summed E-state index contributed by atoms with van der Waals surface area (Å²) in [6.07, 6.45) is 2.98. The van der Waals surface area contributed by atoms with Crippen molar-refractivity contribution in [2.75, 3.05) is 11.1 Å². The molecule has 4 aromatic rings. The summed E-state index contributed by atoms with van der Waals surface area (Å²) in [5, 5.41) is 3.79. The molecular weight excluding hydrogens is 333 g/mol. The Morgan fingerprint density at radius 2 is 1.77 bits per heavy atom. The second-order valence-electron chi connectivity index (χ2n) is 5.48. The van der Waals surface area contributed by atoms with Crippen molar-refractivity contribution in [2.24, 2.45) is 0 Å². The van der Waals surface area contributed by atoms with Crippen molar-refractivity contribution in [3.63, 3.8) is 0 Å². The van der Waals surface area contributed by atoms with Gasteiger partial charge in [0.05, 0.1) is 5.69 Å². The zero-order valence-electron chi connectivity index (χ0n) is 13.6. The van der Waals surface area contributed by atoms with E-state index in [-0.39, 0.29) is 23.1 Å². The Labute approximate surface area is 148 Å². The highest BCUT2D eigenvalue weighted by molar-refractivity contribution is 5.84. The molecule has 2 aromatic heterocycles. The first-order chi connectivity index (χ1) is 12.7. The third kappa shape index (κ3) is 2.98. The summed E-state index contributed by atoms with van der Waals surface area (Å²) in [5.74, 6) is 0.530. The number of nitrogen functional groups attached to an aromatic ring is 1. The van der Waals surface area contributed by atoms with Crippen LogP contribution in [0.5, 0.6) is 11.6 Å². The Morgan fingerprint density at radius 1 is 0.923 bits per heavy atom. The number of nitrogens with zero attached hydrogens (tertiary/aromatic N) is 3. The van der Waals surface area contributed by atoms with Crippen LogP contribution in [0.15, 0.2) is 67.1 Å². The van der Waals surface area contributed by atoms with Gasteiger partial charge in [-0.25, -0.2) is 9.37 Å². The van der Waals surface area contributed by atoms with Gasteiger partial charge in [0.25, 0.3) is 0 Å². The zero-order chi connectivity index (χ0) is 17.9. The molecule has 0 radical (unpaired) electrons. The van der Waals surface area contributed by atoms with Crippen LogP contribution >= 0.6 is 0 Å². The van der Waals surface area contributed by atoms with E-state index in [1.54, 1.807) is 30.5 Å². The molecule has 0 aliphatic rings. The quantitative estimate of drug-likeness (QED) is 0.573. The van der Waals surface area contributed by atoms with Crippen molar-refractivity contribution >= 4 is 28.1 Å². The first kappa shape index (κ1) is 15.8. The smallest absolute Gasteiger partial charge is 0.248 e. The van der Waals surface area contributed by atoms with E-state index in [1.165, 1.54) is 12.4 Å². The molecule has 0 bridgehead atoms. The Kier molecular flexibility index (Phi) is 4.03. The van der Waals surface area contributed by atoms with E-state index in [4.69, 9.17) is 10.5 Å². The maximum absolute atomic E-state index is 13.8. The van der Waals surface area contributed by atoms with E-state index in [1.807, 2.05) is 24.3 Å². The van der Waals surface area contributed by atoms with Crippen LogP contribution in [0.4, 0.5) is 21.6 Å². The topological polar surface area (TPSA) is 86.0 Å². The van der Waals surface area contributed by atoms with Gasteiger partial charge in [-0.15, -0.1) is 0 Å². The predicted octanol–water partition coefficient (Wildman–Crippen LogP) is 4.28. The summed E-state index contributed by atoms with van der Waals surface area (Å²) in [7, 11) is 0. The van der Waals surface area contributed by atoms with Gasteiger partial charge in [-0.05, 0) is 24.3 Å². The third-order valence-corrected chi connectivity index (χ3v) is 3.78. The molecule has 0 saturated carbocycles. The summed E-state index contributed by atoms with van der Waals surface area (Å²) in [4.78, 5) is 12.5. The van der Waals surface area contributed by atoms with E-state index < -0.39 is 5.82 Å². The van der Waals surface area contributed by atoms with Crippen molar-refractivity contribution in [3.05, 3.63) is 72.9 Å². The molecule has 3 N–H and O–H groups in total. The van der Waals surface area contributed by atoms with Crippen LogP contribution in [0.2, 0.25) is 0 Å². The van der Waals surface area contributed by atoms with Crippen LogP contribution < -0.4 is 15.8 Å². The maximum atomic E-state index is 13.8. The number of pyridine rings is 1. The van der Waals surface area contributed by atoms with Crippen LogP contribution in [0.1, 0.15) is 0 Å². The fourth-order valence-corrected chi connectivity index (χ4v) is 2.51. The average molecular weight is 347 g/mol. The van der Waals surface area contributed by atoms with Gasteiger partial charge >= 0.3 is 0 Å². The number of hydrogen-bond acceptors (Lipinski definition) is 6. The first-order valence-electron chi connectivity index (χ1n) is 7.86. The van der Waals surface area contributed by atoms with Crippen LogP contribution in [0.25, 0.3) is 10.9 Å². The van der Waals surface area contributed by atoms with Gasteiger partial charge < -0.3 is 15.8 Å². The monoisotopic (exact) mass is 347 g/mol. The molecule has 0 aliphatic carbocycles. The summed E-state index contributed by atoms with van der Waals surface area (Å²) in [6.45, 7) is 0. The van der Waals surface area contributed by atoms with Gasteiger partial charge in [0.15, 0.2) is 11.6 Å². The number of hydrogen-bond donors (Lipinski definition) is 2. The maximum Gasteiger partial charge on any atom is 0.248 e. The van der Waals surface area contributed by atoms with Crippen molar-refractivity contribution in [1.29, 1.82) is 0 Å². The van der Waals surface area contributed by atoms with Gasteiger partial charge in [0.1, 0.15) is 23.3 Å². The average Bonchev–Trinajstić information content (AvgIpc) is 2.67. The molecule has 26 heavy (non-hydrogen) atoms. The number of halogens is 1. The molecule has 2 aromatic carbocycles. The number of aromatic nitrogens is 3. The largest absolute Gasteiger partial charge is 0.435 e. The zero-order valence-corrected chi connectivity index (χ0v) is 13.6. The number of anilines is 3. The minimum atomic E-state index is -0.411. The molecule has 0 spiro atoms. The minimum absolute atomic E-state index is 0.164. The molecular formula is C19H14FN5O. The molecule has 0 aliphatic heterocycles. The van der Waals surface area contributed by atoms with E-state index in [9.17, 15) is 4.39 Å². The van der Waals surface area contributed by atoms with Gasteiger partial charge in [-0.3, -0.25) is 4.98 Å². The van der Waals surface area contributed by atoms with Crippen LogP contribution in [-0.2, 0) is 0 Å². The fourth-order valence-electron chi connectivity index (χ4n) is 2.51. The van der Waals surface area contributed by atoms with Gasteiger partial charge in [-0.2, -0.15) is 4.98 Å². The summed E-state index contributed by atoms with van der Waals surface area (Å²) < 4.78 is 19.7. The lowest BCUT2D eigenvalue weighted by molar-refractivity contribution is 0.469. The van der Waals surface area contributed by atoms with Gasteiger partial charge in [0, 0.05) is 11.6 Å². The number of rotatable bonds is 4. The lowest BCUT2D eigenvalue weighted by Crippen LogP contribution is -2.04. The normalized spacial score (nSPS) is 10.7. The molecule has 0 unspecified atom stereocenters. The third-order valence-electron chi connectivity index (χ3n) is 3.78.